The van der Waals surface area contributed by atoms with Gasteiger partial charge in [0.15, 0.2) is 0 Å². The van der Waals surface area contributed by atoms with Gasteiger partial charge in [-0.05, 0) is 273 Å². The lowest BCUT2D eigenvalue weighted by Gasteiger charge is -2.05. The number of unbranched alkanes of at least 4 members (excludes halogenated alkanes) is 20. The van der Waals surface area contributed by atoms with Crippen LogP contribution in [-0.4, -0.2) is 0 Å². The molecule has 0 bridgehead atoms. The van der Waals surface area contributed by atoms with E-state index in [1.165, 1.54) is 276 Å². The van der Waals surface area contributed by atoms with Gasteiger partial charge in [0.25, 0.3) is 0 Å². The number of benzene rings is 10. The SMILES string of the molecule is CCCCCCCc1ccc(CCc2ccc(S)cc2)cc1.CCCCCCCc1ccc(CCc2ccc(S)cc2)cc1.CCCCCCCc1ccc(CCc2ccc(S)cc2)cc1.CCCCCCCc1ccc(CCc2ccc(S)cc2)cc1.CCCCCCCc1ccc(CCc2ccc(S)cc2)cc1.F.F.F.F.F. The Morgan fingerprint density at radius 1 is 0.122 bits per heavy atom. The number of halogens is 5. The minimum atomic E-state index is 0. The number of hydrogen-bond acceptors (Lipinski definition) is 5. The van der Waals surface area contributed by atoms with Gasteiger partial charge in [0.1, 0.15) is 0 Å². The molecule has 630 valence electrons. The third-order valence-corrected chi connectivity index (χ3v) is 22.6. The molecule has 115 heavy (non-hydrogen) atoms. The molecule has 10 aromatic carbocycles. The third-order valence-electron chi connectivity index (χ3n) is 21.2. The maximum atomic E-state index is 4.33. The summed E-state index contributed by atoms with van der Waals surface area (Å²) in [6.45, 7) is 11.3. The molecule has 10 aromatic rings. The van der Waals surface area contributed by atoms with E-state index in [9.17, 15) is 0 Å². The molecule has 0 unspecified atom stereocenters. The van der Waals surface area contributed by atoms with Crippen molar-refractivity contribution in [3.8, 4) is 0 Å². The van der Waals surface area contributed by atoms with Gasteiger partial charge in [0.2, 0.25) is 0 Å². The summed E-state index contributed by atoms with van der Waals surface area (Å²) in [5.74, 6) is 0. The van der Waals surface area contributed by atoms with Crippen LogP contribution in [0.15, 0.2) is 267 Å². The highest BCUT2D eigenvalue weighted by molar-refractivity contribution is 7.81. The predicted molar refractivity (Wildman–Crippen MR) is 513 cm³/mol. The van der Waals surface area contributed by atoms with Gasteiger partial charge in [-0.15, -0.1) is 63.1 Å². The number of aryl methyl sites for hydroxylation is 15. The van der Waals surface area contributed by atoms with Gasteiger partial charge in [0.05, 0.1) is 0 Å². The van der Waals surface area contributed by atoms with Crippen LogP contribution in [0.5, 0.6) is 0 Å². The van der Waals surface area contributed by atoms with E-state index < -0.39 is 0 Å². The fraction of sp³-hybridized carbons (Fsp3) is 0.429. The largest absolute Gasteiger partial charge is 0.269 e. The molecule has 0 amide bonds. The molecule has 0 aliphatic rings. The van der Waals surface area contributed by atoms with Crippen molar-refractivity contribution in [3.05, 3.63) is 326 Å². The van der Waals surface area contributed by atoms with Crippen molar-refractivity contribution in [3.63, 3.8) is 0 Å². The second-order valence-corrected chi connectivity index (χ2v) is 33.3. The number of rotatable bonds is 45. The Morgan fingerprint density at radius 2 is 0.209 bits per heavy atom. The first-order valence-corrected chi connectivity index (χ1v) is 45.4. The van der Waals surface area contributed by atoms with Gasteiger partial charge in [-0.1, -0.05) is 345 Å². The van der Waals surface area contributed by atoms with E-state index in [1.54, 1.807) is 0 Å². The van der Waals surface area contributed by atoms with Crippen LogP contribution in [-0.2, 0) is 96.3 Å². The van der Waals surface area contributed by atoms with Crippen LogP contribution in [0.3, 0.4) is 0 Å². The smallest absolute Gasteiger partial charge is 0.00401 e. The van der Waals surface area contributed by atoms with Crippen LogP contribution in [0.2, 0.25) is 0 Å². The molecule has 0 atom stereocenters. The lowest BCUT2D eigenvalue weighted by molar-refractivity contribution is 0.632. The van der Waals surface area contributed by atoms with Gasteiger partial charge < -0.3 is 0 Å². The van der Waals surface area contributed by atoms with Crippen LogP contribution >= 0.6 is 63.1 Å². The standard InChI is InChI=1S/5C21H28S.5FH/c5*1-2-3-4-5-6-7-18-8-10-19(11-9-18)12-13-20-14-16-21(22)17-15-20;;;;;/h5*8-11,14-17,22H,2-7,12-13H2,1H3;5*1H. The van der Waals surface area contributed by atoms with Gasteiger partial charge in [-0.2, -0.15) is 0 Å². The first kappa shape index (κ1) is 107. The molecule has 0 fully saturated rings. The quantitative estimate of drug-likeness (QED) is 0.0140. The molecule has 0 saturated carbocycles. The Kier molecular flexibility index (Phi) is 63.5. The lowest BCUT2D eigenvalue weighted by atomic mass is 10.0. The molecule has 10 rings (SSSR count). The minimum absolute atomic E-state index is 0. The summed E-state index contributed by atoms with van der Waals surface area (Å²) < 4.78 is 0. The summed E-state index contributed by atoms with van der Waals surface area (Å²) in [6, 6.07) is 88.5. The Bertz CT molecular complexity index is 3250. The first-order valence-electron chi connectivity index (χ1n) is 43.2. The molecule has 0 heterocycles. The van der Waals surface area contributed by atoms with Crippen LogP contribution in [0.1, 0.15) is 279 Å². The maximum Gasteiger partial charge on any atom is 0.00401 e. The zero-order chi connectivity index (χ0) is 78.1. The minimum Gasteiger partial charge on any atom is -0.269 e. The highest BCUT2D eigenvalue weighted by atomic mass is 32.1. The van der Waals surface area contributed by atoms with E-state index >= 15 is 0 Å². The topological polar surface area (TPSA) is 0 Å². The molecule has 0 N–H and O–H groups in total. The van der Waals surface area contributed by atoms with E-state index in [2.05, 4.69) is 340 Å². The van der Waals surface area contributed by atoms with Crippen molar-refractivity contribution in [2.24, 2.45) is 0 Å². The fourth-order valence-corrected chi connectivity index (χ4v) is 14.5. The lowest BCUT2D eigenvalue weighted by Crippen LogP contribution is -1.92. The summed E-state index contributed by atoms with van der Waals surface area (Å²) >= 11 is 21.6. The second kappa shape index (κ2) is 68.5. The van der Waals surface area contributed by atoms with Crippen molar-refractivity contribution in [2.45, 2.75) is 316 Å². The predicted octanol–water partition coefficient (Wildman–Crippen LogP) is 32.1. The van der Waals surface area contributed by atoms with E-state index in [0.717, 1.165) is 88.7 Å². The zero-order valence-electron chi connectivity index (χ0n) is 70.7. The molecular formula is C105H145F5S5. The summed E-state index contributed by atoms with van der Waals surface area (Å²) in [5.41, 5.74) is 21.5. The maximum absolute atomic E-state index is 4.33. The van der Waals surface area contributed by atoms with Gasteiger partial charge >= 0.3 is 0 Å². The first-order chi connectivity index (χ1) is 53.9. The van der Waals surface area contributed by atoms with Crippen molar-refractivity contribution in [1.82, 2.24) is 0 Å². The van der Waals surface area contributed by atoms with Gasteiger partial charge in [0, 0.05) is 24.5 Å². The van der Waals surface area contributed by atoms with E-state index in [-0.39, 0.29) is 23.5 Å². The number of hydrogen-bond donors (Lipinski definition) is 5. The molecule has 0 nitrogen and oxygen atoms in total. The fourth-order valence-electron chi connectivity index (χ4n) is 13.8. The Hall–Kier alpha value is -6.40. The molecule has 0 radical (unpaired) electrons. The van der Waals surface area contributed by atoms with Crippen molar-refractivity contribution >= 4 is 63.1 Å². The highest BCUT2D eigenvalue weighted by Gasteiger charge is 2.06. The van der Waals surface area contributed by atoms with Crippen LogP contribution in [0.4, 0.5) is 23.5 Å². The molecule has 0 aliphatic carbocycles. The molecule has 0 aliphatic heterocycles. The Balaban J connectivity index is 0.000000711. The van der Waals surface area contributed by atoms with E-state index in [0.29, 0.717) is 0 Å². The van der Waals surface area contributed by atoms with Gasteiger partial charge in [-0.3, -0.25) is 23.5 Å². The summed E-state index contributed by atoms with van der Waals surface area (Å²) in [4.78, 5) is 5.17. The summed E-state index contributed by atoms with van der Waals surface area (Å²) in [6.07, 6.45) is 51.2. The molecule has 0 aromatic heterocycles. The monoisotopic (exact) mass is 1660 g/mol. The second-order valence-electron chi connectivity index (χ2n) is 30.7. The molecule has 0 spiro atoms. The molecule has 0 saturated heterocycles. The number of thiol groups is 5. The normalized spacial score (nSPS) is 10.3. The summed E-state index contributed by atoms with van der Waals surface area (Å²) in [7, 11) is 0. The Morgan fingerprint density at radius 3 is 0.313 bits per heavy atom. The average Bonchev–Trinajstić information content (AvgIpc) is 0.912. The van der Waals surface area contributed by atoms with E-state index in [4.69, 9.17) is 0 Å². The zero-order valence-corrected chi connectivity index (χ0v) is 75.1. The average molecular weight is 1660 g/mol. The summed E-state index contributed by atoms with van der Waals surface area (Å²) in [5, 5.41) is 0. The van der Waals surface area contributed by atoms with Crippen molar-refractivity contribution in [2.75, 3.05) is 0 Å². The van der Waals surface area contributed by atoms with Crippen LogP contribution < -0.4 is 0 Å². The molecule has 10 heteroatoms. The van der Waals surface area contributed by atoms with Crippen molar-refractivity contribution < 1.29 is 23.5 Å². The van der Waals surface area contributed by atoms with Crippen LogP contribution in [0.25, 0.3) is 0 Å². The molecular weight excluding hydrogens is 1520 g/mol. The third kappa shape index (κ3) is 50.9. The van der Waals surface area contributed by atoms with Crippen molar-refractivity contribution in [1.29, 1.82) is 0 Å². The van der Waals surface area contributed by atoms with Crippen LogP contribution in [0, 0.1) is 0 Å². The highest BCUT2D eigenvalue weighted by Crippen LogP contribution is 2.22. The van der Waals surface area contributed by atoms with E-state index in [1.807, 2.05) is 0 Å². The Labute approximate surface area is 723 Å². The van der Waals surface area contributed by atoms with Gasteiger partial charge in [-0.25, -0.2) is 0 Å².